The van der Waals surface area contributed by atoms with Gasteiger partial charge >= 0.3 is 0 Å². The Hall–Kier alpha value is -1.57. The van der Waals surface area contributed by atoms with Crippen molar-refractivity contribution >= 4 is 11.5 Å². The van der Waals surface area contributed by atoms with Gasteiger partial charge in [-0.25, -0.2) is 0 Å². The SMILES string of the molecule is CC=CC(=O)CNc1c(C(C)C)cccc1C(C)C. The number of hydrogen-bond acceptors (Lipinski definition) is 2. The molecule has 0 saturated carbocycles. The van der Waals surface area contributed by atoms with Gasteiger partial charge in [-0.3, -0.25) is 4.79 Å². The smallest absolute Gasteiger partial charge is 0.174 e. The average molecular weight is 259 g/mol. The van der Waals surface area contributed by atoms with Gasteiger partial charge in [-0.2, -0.15) is 0 Å². The van der Waals surface area contributed by atoms with E-state index >= 15 is 0 Å². The lowest BCUT2D eigenvalue weighted by atomic mass is 9.92. The first-order chi connectivity index (χ1) is 8.97. The number of para-hydroxylation sites is 1. The number of rotatable bonds is 6. The van der Waals surface area contributed by atoms with Crippen LogP contribution in [0.2, 0.25) is 0 Å². The summed E-state index contributed by atoms with van der Waals surface area (Å²) in [6, 6.07) is 6.38. The maximum atomic E-state index is 11.6. The van der Waals surface area contributed by atoms with Crippen LogP contribution in [0.5, 0.6) is 0 Å². The molecule has 0 aliphatic carbocycles. The maximum absolute atomic E-state index is 11.6. The summed E-state index contributed by atoms with van der Waals surface area (Å²) in [5, 5.41) is 3.33. The van der Waals surface area contributed by atoms with E-state index in [0.717, 1.165) is 5.69 Å². The highest BCUT2D eigenvalue weighted by atomic mass is 16.1. The van der Waals surface area contributed by atoms with Gasteiger partial charge in [0.15, 0.2) is 5.78 Å². The molecule has 0 atom stereocenters. The van der Waals surface area contributed by atoms with Gasteiger partial charge < -0.3 is 5.32 Å². The molecule has 0 amide bonds. The summed E-state index contributed by atoms with van der Waals surface area (Å²) in [7, 11) is 0. The van der Waals surface area contributed by atoms with Crippen molar-refractivity contribution in [3.63, 3.8) is 0 Å². The summed E-state index contributed by atoms with van der Waals surface area (Å²) in [5.74, 6) is 0.992. The molecule has 0 aliphatic heterocycles. The monoisotopic (exact) mass is 259 g/mol. The standard InChI is InChI=1S/C17H25NO/c1-6-8-14(19)11-18-17-15(12(2)3)9-7-10-16(17)13(4)5/h6-10,12-13,18H,11H2,1-5H3. The summed E-state index contributed by atoms with van der Waals surface area (Å²) in [6.07, 6.45) is 3.39. The van der Waals surface area contributed by atoms with Gasteiger partial charge in [0.1, 0.15) is 0 Å². The molecule has 0 aromatic heterocycles. The molecule has 0 aliphatic rings. The van der Waals surface area contributed by atoms with E-state index in [1.54, 1.807) is 12.2 Å². The quantitative estimate of drug-likeness (QED) is 0.763. The van der Waals surface area contributed by atoms with Crippen LogP contribution >= 0.6 is 0 Å². The van der Waals surface area contributed by atoms with Gasteiger partial charge in [-0.1, -0.05) is 52.0 Å². The van der Waals surface area contributed by atoms with Crippen LogP contribution in [0.15, 0.2) is 30.4 Å². The van der Waals surface area contributed by atoms with Gasteiger partial charge in [-0.15, -0.1) is 0 Å². The fourth-order valence-corrected chi connectivity index (χ4v) is 2.18. The van der Waals surface area contributed by atoms with Crippen molar-refractivity contribution < 1.29 is 4.79 Å². The third kappa shape index (κ3) is 4.23. The number of nitrogens with one attached hydrogen (secondary N) is 1. The van der Waals surface area contributed by atoms with Gasteiger partial charge in [0.25, 0.3) is 0 Å². The second kappa shape index (κ2) is 7.13. The highest BCUT2D eigenvalue weighted by Crippen LogP contribution is 2.32. The number of ketones is 1. The first-order valence-electron chi connectivity index (χ1n) is 6.99. The number of anilines is 1. The number of carbonyl (C=O) groups is 1. The van der Waals surface area contributed by atoms with Crippen LogP contribution in [0, 0.1) is 0 Å². The molecular weight excluding hydrogens is 234 g/mol. The molecule has 0 saturated heterocycles. The van der Waals surface area contributed by atoms with Crippen LogP contribution in [0.3, 0.4) is 0 Å². The molecule has 2 heteroatoms. The Labute approximate surface area is 116 Å². The Balaban J connectivity index is 3.04. The Morgan fingerprint density at radius 1 is 1.16 bits per heavy atom. The predicted molar refractivity (Wildman–Crippen MR) is 82.9 cm³/mol. The topological polar surface area (TPSA) is 29.1 Å². The van der Waals surface area contributed by atoms with Crippen LogP contribution in [-0.4, -0.2) is 12.3 Å². The van der Waals surface area contributed by atoms with Crippen LogP contribution < -0.4 is 5.32 Å². The van der Waals surface area contributed by atoms with Crippen LogP contribution in [0.25, 0.3) is 0 Å². The van der Waals surface area contributed by atoms with E-state index in [-0.39, 0.29) is 5.78 Å². The van der Waals surface area contributed by atoms with Crippen molar-refractivity contribution in [2.45, 2.75) is 46.5 Å². The second-order valence-corrected chi connectivity index (χ2v) is 5.44. The molecule has 19 heavy (non-hydrogen) atoms. The summed E-state index contributed by atoms with van der Waals surface area (Å²) < 4.78 is 0. The van der Waals surface area contributed by atoms with Crippen molar-refractivity contribution in [2.24, 2.45) is 0 Å². The summed E-state index contributed by atoms with van der Waals surface area (Å²) in [4.78, 5) is 11.6. The molecule has 1 aromatic rings. The minimum absolute atomic E-state index is 0.107. The molecule has 0 unspecified atom stereocenters. The van der Waals surface area contributed by atoms with Crippen LogP contribution in [0.4, 0.5) is 5.69 Å². The van der Waals surface area contributed by atoms with E-state index in [9.17, 15) is 4.79 Å². The second-order valence-electron chi connectivity index (χ2n) is 5.44. The largest absolute Gasteiger partial charge is 0.377 e. The van der Waals surface area contributed by atoms with Gasteiger partial charge in [0.2, 0.25) is 0 Å². The molecule has 0 fully saturated rings. The molecule has 0 radical (unpaired) electrons. The van der Waals surface area contributed by atoms with Crippen molar-refractivity contribution in [3.8, 4) is 0 Å². The highest BCUT2D eigenvalue weighted by Gasteiger charge is 2.13. The van der Waals surface area contributed by atoms with Gasteiger partial charge in [0.05, 0.1) is 6.54 Å². The van der Waals surface area contributed by atoms with Gasteiger partial charge in [0, 0.05) is 5.69 Å². The fourth-order valence-electron chi connectivity index (χ4n) is 2.18. The zero-order valence-corrected chi connectivity index (χ0v) is 12.7. The van der Waals surface area contributed by atoms with Crippen molar-refractivity contribution in [2.75, 3.05) is 11.9 Å². The molecule has 0 heterocycles. The van der Waals surface area contributed by atoms with E-state index in [0.29, 0.717) is 18.4 Å². The van der Waals surface area contributed by atoms with Crippen molar-refractivity contribution in [1.29, 1.82) is 0 Å². The van der Waals surface area contributed by atoms with E-state index in [4.69, 9.17) is 0 Å². The minimum Gasteiger partial charge on any atom is -0.377 e. The number of allylic oxidation sites excluding steroid dienone is 1. The van der Waals surface area contributed by atoms with Gasteiger partial charge in [-0.05, 0) is 36.0 Å². The predicted octanol–water partition coefficient (Wildman–Crippen LogP) is 4.49. The van der Waals surface area contributed by atoms with E-state index in [1.807, 2.05) is 6.92 Å². The molecule has 0 spiro atoms. The normalized spacial score (nSPS) is 11.5. The Bertz CT molecular complexity index is 432. The van der Waals surface area contributed by atoms with E-state index < -0.39 is 0 Å². The third-order valence-electron chi connectivity index (χ3n) is 3.16. The molecule has 2 nitrogen and oxygen atoms in total. The zero-order chi connectivity index (χ0) is 14.4. The Kier molecular flexibility index (Phi) is 5.81. The number of benzene rings is 1. The first-order valence-corrected chi connectivity index (χ1v) is 6.99. The lowest BCUT2D eigenvalue weighted by molar-refractivity contribution is -0.113. The van der Waals surface area contributed by atoms with E-state index in [2.05, 4.69) is 51.2 Å². The average Bonchev–Trinajstić information content (AvgIpc) is 2.35. The molecule has 1 N–H and O–H groups in total. The Morgan fingerprint density at radius 2 is 1.68 bits per heavy atom. The highest BCUT2D eigenvalue weighted by molar-refractivity contribution is 5.93. The maximum Gasteiger partial charge on any atom is 0.174 e. The number of carbonyl (C=O) groups excluding carboxylic acids is 1. The van der Waals surface area contributed by atoms with Crippen molar-refractivity contribution in [1.82, 2.24) is 0 Å². The third-order valence-corrected chi connectivity index (χ3v) is 3.16. The summed E-state index contributed by atoms with van der Waals surface area (Å²) in [6.45, 7) is 10.9. The molecule has 104 valence electrons. The van der Waals surface area contributed by atoms with Crippen molar-refractivity contribution in [3.05, 3.63) is 41.5 Å². The van der Waals surface area contributed by atoms with E-state index in [1.165, 1.54) is 11.1 Å². The fraction of sp³-hybridized carbons (Fsp3) is 0.471. The molecule has 1 rings (SSSR count). The van der Waals surface area contributed by atoms with Crippen LogP contribution in [-0.2, 0) is 4.79 Å². The summed E-state index contributed by atoms with van der Waals surface area (Å²) in [5.41, 5.74) is 3.68. The first kappa shape index (κ1) is 15.5. The van der Waals surface area contributed by atoms with Crippen LogP contribution in [0.1, 0.15) is 57.6 Å². The summed E-state index contributed by atoms with van der Waals surface area (Å²) >= 11 is 0. The lowest BCUT2D eigenvalue weighted by Gasteiger charge is -2.20. The molecule has 1 aromatic carbocycles. The lowest BCUT2D eigenvalue weighted by Crippen LogP contribution is -2.14. The Morgan fingerprint density at radius 3 is 2.11 bits per heavy atom. The molecule has 0 bridgehead atoms. The molecular formula is C17H25NO. The number of hydrogen-bond donors (Lipinski definition) is 1. The zero-order valence-electron chi connectivity index (χ0n) is 12.7. The minimum atomic E-state index is 0.107.